The zero-order chi connectivity index (χ0) is 17.9. The Bertz CT molecular complexity index is 717. The van der Waals surface area contributed by atoms with E-state index in [-0.39, 0.29) is 0 Å². The summed E-state index contributed by atoms with van der Waals surface area (Å²) in [6, 6.07) is 18.1. The number of methoxy groups -OCH3 is 1. The van der Waals surface area contributed by atoms with Gasteiger partial charge in [-0.05, 0) is 55.2 Å². The molecule has 0 bridgehead atoms. The molecule has 0 unspecified atom stereocenters. The number of thioether (sulfide) groups is 1. The SMILES string of the molecule is COC1(c2ccc(SC)cc2)CCC(C(=O)O)(c2ccccc2)CC1. The minimum Gasteiger partial charge on any atom is -0.481 e. The zero-order valence-electron chi connectivity index (χ0n) is 14.7. The summed E-state index contributed by atoms with van der Waals surface area (Å²) < 4.78 is 5.95. The van der Waals surface area contributed by atoms with Crippen molar-refractivity contribution >= 4 is 17.7 Å². The first-order chi connectivity index (χ1) is 12.1. The van der Waals surface area contributed by atoms with Gasteiger partial charge in [-0.15, -0.1) is 11.8 Å². The van der Waals surface area contributed by atoms with E-state index in [4.69, 9.17) is 4.74 Å². The molecular weight excluding hydrogens is 332 g/mol. The summed E-state index contributed by atoms with van der Waals surface area (Å²) in [5.41, 5.74) is 0.817. The summed E-state index contributed by atoms with van der Waals surface area (Å²) >= 11 is 1.71. The second kappa shape index (κ2) is 7.22. The third-order valence-corrected chi connectivity index (χ3v) is 6.40. The molecule has 1 aliphatic carbocycles. The predicted octanol–water partition coefficient (Wildman–Crippen LogP) is 4.85. The lowest BCUT2D eigenvalue weighted by Crippen LogP contribution is -2.45. The van der Waals surface area contributed by atoms with E-state index in [9.17, 15) is 9.90 Å². The highest BCUT2D eigenvalue weighted by molar-refractivity contribution is 7.98. The van der Waals surface area contributed by atoms with Crippen LogP contribution in [0.4, 0.5) is 0 Å². The van der Waals surface area contributed by atoms with Crippen LogP contribution >= 0.6 is 11.8 Å². The molecule has 25 heavy (non-hydrogen) atoms. The monoisotopic (exact) mass is 356 g/mol. The minimum atomic E-state index is -0.817. The van der Waals surface area contributed by atoms with Crippen LogP contribution in [0.1, 0.15) is 36.8 Å². The van der Waals surface area contributed by atoms with Gasteiger partial charge in [0.05, 0.1) is 11.0 Å². The number of rotatable bonds is 5. The van der Waals surface area contributed by atoms with Crippen LogP contribution in [-0.4, -0.2) is 24.4 Å². The molecule has 4 heteroatoms. The van der Waals surface area contributed by atoms with Gasteiger partial charge in [0.2, 0.25) is 0 Å². The summed E-state index contributed by atoms with van der Waals surface area (Å²) in [6.45, 7) is 0. The Hall–Kier alpha value is -1.78. The van der Waals surface area contributed by atoms with Gasteiger partial charge >= 0.3 is 5.97 Å². The van der Waals surface area contributed by atoms with E-state index >= 15 is 0 Å². The highest BCUT2D eigenvalue weighted by Crippen LogP contribution is 2.49. The van der Waals surface area contributed by atoms with Crippen molar-refractivity contribution in [3.8, 4) is 0 Å². The van der Waals surface area contributed by atoms with E-state index in [0.717, 1.165) is 11.1 Å². The average molecular weight is 356 g/mol. The molecule has 132 valence electrons. The Kier molecular flexibility index (Phi) is 5.21. The topological polar surface area (TPSA) is 46.5 Å². The molecule has 0 aromatic heterocycles. The first-order valence-electron chi connectivity index (χ1n) is 8.55. The van der Waals surface area contributed by atoms with Crippen LogP contribution in [0.15, 0.2) is 59.5 Å². The van der Waals surface area contributed by atoms with E-state index in [1.807, 2.05) is 30.3 Å². The lowest BCUT2D eigenvalue weighted by Gasteiger charge is -2.44. The molecule has 0 heterocycles. The van der Waals surface area contributed by atoms with Gasteiger partial charge in [0.15, 0.2) is 0 Å². The first kappa shape index (κ1) is 18.0. The summed E-state index contributed by atoms with van der Waals surface area (Å²) in [5, 5.41) is 9.98. The van der Waals surface area contributed by atoms with Crippen LogP contribution in [0, 0.1) is 0 Å². The fourth-order valence-electron chi connectivity index (χ4n) is 3.97. The highest BCUT2D eigenvalue weighted by atomic mass is 32.2. The van der Waals surface area contributed by atoms with Crippen molar-refractivity contribution in [1.29, 1.82) is 0 Å². The predicted molar refractivity (Wildman–Crippen MR) is 101 cm³/mol. The van der Waals surface area contributed by atoms with Gasteiger partial charge in [-0.25, -0.2) is 0 Å². The quantitative estimate of drug-likeness (QED) is 0.778. The molecule has 1 aliphatic rings. The molecule has 0 amide bonds. The molecule has 0 saturated heterocycles. The van der Waals surface area contributed by atoms with Crippen molar-refractivity contribution in [2.45, 2.75) is 41.6 Å². The highest BCUT2D eigenvalue weighted by Gasteiger charge is 2.49. The maximum absolute atomic E-state index is 12.2. The van der Waals surface area contributed by atoms with Gasteiger partial charge < -0.3 is 9.84 Å². The number of carboxylic acids is 1. The van der Waals surface area contributed by atoms with Gasteiger partial charge in [0.1, 0.15) is 0 Å². The van der Waals surface area contributed by atoms with Crippen molar-refractivity contribution in [2.24, 2.45) is 0 Å². The average Bonchev–Trinajstić information content (AvgIpc) is 2.68. The number of hydrogen-bond donors (Lipinski definition) is 1. The fraction of sp³-hybridized carbons (Fsp3) is 0.381. The number of carboxylic acid groups (broad SMARTS) is 1. The fourth-order valence-corrected chi connectivity index (χ4v) is 4.38. The van der Waals surface area contributed by atoms with Crippen LogP contribution in [0.5, 0.6) is 0 Å². The Morgan fingerprint density at radius 1 is 0.960 bits per heavy atom. The normalized spacial score (nSPS) is 26.3. The Morgan fingerprint density at radius 3 is 2.04 bits per heavy atom. The molecule has 3 rings (SSSR count). The minimum absolute atomic E-state index is 0.398. The molecule has 1 N–H and O–H groups in total. The van der Waals surface area contributed by atoms with E-state index in [2.05, 4.69) is 30.5 Å². The smallest absolute Gasteiger partial charge is 0.314 e. The third-order valence-electron chi connectivity index (χ3n) is 5.65. The maximum atomic E-state index is 12.2. The number of benzene rings is 2. The van der Waals surface area contributed by atoms with Crippen molar-refractivity contribution in [3.63, 3.8) is 0 Å². The third kappa shape index (κ3) is 3.21. The van der Waals surface area contributed by atoms with Gasteiger partial charge in [-0.1, -0.05) is 42.5 Å². The van der Waals surface area contributed by atoms with Gasteiger partial charge in [0, 0.05) is 12.0 Å². The van der Waals surface area contributed by atoms with Gasteiger partial charge in [-0.2, -0.15) is 0 Å². The Morgan fingerprint density at radius 2 is 1.56 bits per heavy atom. The zero-order valence-corrected chi connectivity index (χ0v) is 15.5. The van der Waals surface area contributed by atoms with Gasteiger partial charge in [-0.3, -0.25) is 4.79 Å². The van der Waals surface area contributed by atoms with Crippen molar-refractivity contribution in [3.05, 3.63) is 65.7 Å². The molecule has 0 atom stereocenters. The summed E-state index contributed by atoms with van der Waals surface area (Å²) in [4.78, 5) is 13.4. The molecule has 0 spiro atoms. The van der Waals surface area contributed by atoms with Crippen LogP contribution in [0.25, 0.3) is 0 Å². The molecular formula is C21H24O3S. The van der Waals surface area contributed by atoms with E-state index in [1.165, 1.54) is 4.90 Å². The van der Waals surface area contributed by atoms with E-state index in [1.54, 1.807) is 18.9 Å². The molecule has 1 fully saturated rings. The molecule has 0 radical (unpaired) electrons. The largest absolute Gasteiger partial charge is 0.481 e. The molecule has 0 aliphatic heterocycles. The number of aliphatic carboxylic acids is 1. The summed E-state index contributed by atoms with van der Waals surface area (Å²) in [6.07, 6.45) is 4.60. The van der Waals surface area contributed by atoms with Gasteiger partial charge in [0.25, 0.3) is 0 Å². The number of hydrogen-bond acceptors (Lipinski definition) is 3. The molecule has 1 saturated carbocycles. The maximum Gasteiger partial charge on any atom is 0.314 e. The Labute approximate surface area is 153 Å². The number of carbonyl (C=O) groups is 1. The lowest BCUT2D eigenvalue weighted by atomic mass is 9.63. The molecule has 2 aromatic carbocycles. The van der Waals surface area contributed by atoms with Crippen LogP contribution in [0.2, 0.25) is 0 Å². The second-order valence-electron chi connectivity index (χ2n) is 6.68. The standard InChI is InChI=1S/C21H24O3S/c1-24-21(17-8-10-18(25-2)11-9-17)14-12-20(13-15-21,19(22)23)16-6-4-3-5-7-16/h3-11H,12-15H2,1-2H3,(H,22,23). The van der Waals surface area contributed by atoms with Crippen molar-refractivity contribution in [1.82, 2.24) is 0 Å². The Balaban J connectivity index is 1.90. The summed E-state index contributed by atoms with van der Waals surface area (Å²) in [5.74, 6) is -0.735. The second-order valence-corrected chi connectivity index (χ2v) is 7.56. The van der Waals surface area contributed by atoms with Crippen LogP contribution in [0.3, 0.4) is 0 Å². The summed E-state index contributed by atoms with van der Waals surface area (Å²) in [7, 11) is 1.73. The van der Waals surface area contributed by atoms with Crippen molar-refractivity contribution in [2.75, 3.05) is 13.4 Å². The van der Waals surface area contributed by atoms with E-state index < -0.39 is 17.0 Å². The molecule has 2 aromatic rings. The first-order valence-corrected chi connectivity index (χ1v) is 9.77. The molecule has 3 nitrogen and oxygen atoms in total. The lowest BCUT2D eigenvalue weighted by molar-refractivity contribution is -0.149. The van der Waals surface area contributed by atoms with E-state index in [0.29, 0.717) is 25.7 Å². The number of ether oxygens (including phenoxy) is 1. The van der Waals surface area contributed by atoms with Crippen LogP contribution in [-0.2, 0) is 20.5 Å². The van der Waals surface area contributed by atoms with Crippen molar-refractivity contribution < 1.29 is 14.6 Å². The van der Waals surface area contributed by atoms with Crippen LogP contribution < -0.4 is 0 Å².